The minimum absolute atomic E-state index is 0.0964. The van der Waals surface area contributed by atoms with Crippen LogP contribution in [0.5, 0.6) is 0 Å². The molecule has 0 saturated heterocycles. The molecule has 1 heterocycles. The largest absolute Gasteiger partial charge is 0.416 e. The van der Waals surface area contributed by atoms with Crippen molar-refractivity contribution in [3.05, 3.63) is 63.9 Å². The highest BCUT2D eigenvalue weighted by Crippen LogP contribution is 2.32. The molecule has 0 aliphatic carbocycles. The average molecular weight is 372 g/mol. The molecule has 8 heteroatoms. The molecule has 0 bridgehead atoms. The van der Waals surface area contributed by atoms with Crippen LogP contribution in [0.15, 0.2) is 52.2 Å². The fourth-order valence-corrected chi connectivity index (χ4v) is 2.13. The topological polar surface area (TPSA) is 68.3 Å². The first-order chi connectivity index (χ1) is 10.3. The molecule has 0 fully saturated rings. The number of nitrogens with two attached hydrogens (primary N) is 1. The first kappa shape index (κ1) is 16.2. The van der Waals surface area contributed by atoms with Crippen molar-refractivity contribution in [2.75, 3.05) is 0 Å². The van der Waals surface area contributed by atoms with Crippen LogP contribution in [-0.2, 0) is 6.18 Å². The molecular weight excluding hydrogens is 363 g/mol. The minimum Gasteiger partial charge on any atom is -0.383 e. The Morgan fingerprint density at radius 1 is 1.14 bits per heavy atom. The molecule has 114 valence electrons. The molecule has 0 unspecified atom stereocenters. The molecule has 2 aromatic rings. The van der Waals surface area contributed by atoms with E-state index in [9.17, 15) is 18.0 Å². The number of hydrogen-bond acceptors (Lipinski definition) is 2. The Balaban J connectivity index is 2.36. The Morgan fingerprint density at radius 2 is 1.77 bits per heavy atom. The van der Waals surface area contributed by atoms with E-state index in [1.165, 1.54) is 30.6 Å². The van der Waals surface area contributed by atoms with Gasteiger partial charge in [0.15, 0.2) is 0 Å². The van der Waals surface area contributed by atoms with Crippen LogP contribution in [0.2, 0.25) is 0 Å². The van der Waals surface area contributed by atoms with Crippen molar-refractivity contribution in [2.24, 2.45) is 10.7 Å². The molecule has 0 atom stereocenters. The van der Waals surface area contributed by atoms with E-state index >= 15 is 0 Å². The Labute approximate surface area is 132 Å². The molecule has 2 N–H and O–H groups in total. The van der Waals surface area contributed by atoms with Crippen molar-refractivity contribution in [1.82, 2.24) is 4.98 Å². The normalized spacial score (nSPS) is 12.3. The monoisotopic (exact) mass is 371 g/mol. The number of amides is 1. The smallest absolute Gasteiger partial charge is 0.383 e. The van der Waals surface area contributed by atoms with Crippen molar-refractivity contribution in [3.63, 3.8) is 0 Å². The number of aliphatic imine (C=N–C) groups is 1. The van der Waals surface area contributed by atoms with Crippen molar-refractivity contribution < 1.29 is 18.0 Å². The highest BCUT2D eigenvalue weighted by Gasteiger charge is 2.31. The number of rotatable bonds is 2. The number of amidine groups is 1. The minimum atomic E-state index is -4.56. The zero-order chi connectivity index (χ0) is 16.3. The molecule has 1 aromatic carbocycles. The number of hydrogen-bond donors (Lipinski definition) is 1. The second kappa shape index (κ2) is 6.27. The SMILES string of the molecule is NC(=NC(=O)c1cc(Br)cc(C(F)(F)F)c1)c1ccncc1. The molecule has 1 amide bonds. The Morgan fingerprint density at radius 3 is 2.36 bits per heavy atom. The molecule has 2 rings (SSSR count). The number of alkyl halides is 3. The van der Waals surface area contributed by atoms with E-state index in [0.29, 0.717) is 5.56 Å². The average Bonchev–Trinajstić information content (AvgIpc) is 2.46. The van der Waals surface area contributed by atoms with Gasteiger partial charge in [0.05, 0.1) is 5.56 Å². The molecule has 1 aromatic heterocycles. The van der Waals surface area contributed by atoms with Crippen molar-refractivity contribution >= 4 is 27.7 Å². The molecule has 0 aliphatic heterocycles. The van der Waals surface area contributed by atoms with Crippen LogP contribution >= 0.6 is 15.9 Å². The summed E-state index contributed by atoms with van der Waals surface area (Å²) >= 11 is 2.94. The summed E-state index contributed by atoms with van der Waals surface area (Å²) < 4.78 is 38.3. The van der Waals surface area contributed by atoms with Gasteiger partial charge in [0.1, 0.15) is 5.84 Å². The van der Waals surface area contributed by atoms with E-state index in [0.717, 1.165) is 12.1 Å². The predicted molar refractivity (Wildman–Crippen MR) is 78.4 cm³/mol. The number of aromatic nitrogens is 1. The van der Waals surface area contributed by atoms with E-state index in [1.807, 2.05) is 0 Å². The summed E-state index contributed by atoms with van der Waals surface area (Å²) in [5, 5.41) is 0. The summed E-state index contributed by atoms with van der Waals surface area (Å²) in [6.45, 7) is 0. The maximum atomic E-state index is 12.7. The van der Waals surface area contributed by atoms with Gasteiger partial charge in [-0.15, -0.1) is 0 Å². The third-order valence-corrected chi connectivity index (χ3v) is 3.13. The molecular formula is C14H9BrF3N3O. The van der Waals surface area contributed by atoms with E-state index in [2.05, 4.69) is 25.9 Å². The third-order valence-electron chi connectivity index (χ3n) is 2.67. The number of halogens is 4. The lowest BCUT2D eigenvalue weighted by atomic mass is 10.1. The second-order valence-electron chi connectivity index (χ2n) is 4.26. The molecule has 4 nitrogen and oxygen atoms in total. The van der Waals surface area contributed by atoms with E-state index < -0.39 is 17.6 Å². The van der Waals surface area contributed by atoms with Gasteiger partial charge in [-0.05, 0) is 30.3 Å². The highest BCUT2D eigenvalue weighted by atomic mass is 79.9. The number of nitrogens with zero attached hydrogens (tertiary/aromatic N) is 2. The highest BCUT2D eigenvalue weighted by molar-refractivity contribution is 9.10. The van der Waals surface area contributed by atoms with E-state index in [1.54, 1.807) is 0 Å². The van der Waals surface area contributed by atoms with Crippen molar-refractivity contribution in [1.29, 1.82) is 0 Å². The summed E-state index contributed by atoms with van der Waals surface area (Å²) in [6.07, 6.45) is -1.63. The van der Waals surface area contributed by atoms with Crippen LogP contribution in [0.25, 0.3) is 0 Å². The van der Waals surface area contributed by atoms with Crippen LogP contribution in [-0.4, -0.2) is 16.7 Å². The van der Waals surface area contributed by atoms with Gasteiger partial charge in [-0.2, -0.15) is 18.2 Å². The lowest BCUT2D eigenvalue weighted by Crippen LogP contribution is -2.16. The van der Waals surface area contributed by atoms with Gasteiger partial charge in [-0.3, -0.25) is 9.78 Å². The van der Waals surface area contributed by atoms with Crippen LogP contribution in [0.1, 0.15) is 21.5 Å². The van der Waals surface area contributed by atoms with Crippen LogP contribution in [0, 0.1) is 0 Å². The van der Waals surface area contributed by atoms with E-state index in [4.69, 9.17) is 5.73 Å². The summed E-state index contributed by atoms with van der Waals surface area (Å²) in [5.74, 6) is -0.956. The number of benzene rings is 1. The molecule has 0 saturated carbocycles. The van der Waals surface area contributed by atoms with Crippen LogP contribution in [0.3, 0.4) is 0 Å². The number of carbonyl (C=O) groups excluding carboxylic acids is 1. The predicted octanol–water partition coefficient (Wildman–Crippen LogP) is 3.41. The first-order valence-corrected chi connectivity index (χ1v) is 6.73. The van der Waals surface area contributed by atoms with Crippen molar-refractivity contribution in [2.45, 2.75) is 6.18 Å². The molecule has 0 radical (unpaired) electrons. The van der Waals surface area contributed by atoms with Gasteiger partial charge in [-0.25, -0.2) is 0 Å². The number of pyridine rings is 1. The fraction of sp³-hybridized carbons (Fsp3) is 0.0714. The van der Waals surface area contributed by atoms with Crippen molar-refractivity contribution in [3.8, 4) is 0 Å². The van der Waals surface area contributed by atoms with Crippen LogP contribution < -0.4 is 5.73 Å². The summed E-state index contributed by atoms with van der Waals surface area (Å²) in [6, 6.07) is 5.94. The lowest BCUT2D eigenvalue weighted by Gasteiger charge is -2.08. The quantitative estimate of drug-likeness (QED) is 0.649. The Hall–Kier alpha value is -2.22. The van der Waals surface area contributed by atoms with Gasteiger partial charge in [-0.1, -0.05) is 15.9 Å². The van der Waals surface area contributed by atoms with Gasteiger partial charge in [0.2, 0.25) is 0 Å². The zero-order valence-corrected chi connectivity index (χ0v) is 12.5. The fourth-order valence-electron chi connectivity index (χ4n) is 1.64. The Bertz CT molecular complexity index is 730. The summed E-state index contributed by atoms with van der Waals surface area (Å²) in [4.78, 5) is 19.4. The van der Waals surface area contributed by atoms with E-state index in [-0.39, 0.29) is 15.9 Å². The summed E-state index contributed by atoms with van der Waals surface area (Å²) in [5.41, 5.74) is 4.96. The van der Waals surface area contributed by atoms with Gasteiger partial charge < -0.3 is 5.73 Å². The summed E-state index contributed by atoms with van der Waals surface area (Å²) in [7, 11) is 0. The second-order valence-corrected chi connectivity index (χ2v) is 5.18. The van der Waals surface area contributed by atoms with Crippen LogP contribution in [0.4, 0.5) is 13.2 Å². The first-order valence-electron chi connectivity index (χ1n) is 5.94. The van der Waals surface area contributed by atoms with Gasteiger partial charge >= 0.3 is 6.18 Å². The van der Waals surface area contributed by atoms with Gasteiger partial charge in [0, 0.05) is 28.0 Å². The lowest BCUT2D eigenvalue weighted by molar-refractivity contribution is -0.137. The third kappa shape index (κ3) is 3.91. The molecule has 22 heavy (non-hydrogen) atoms. The molecule has 0 spiro atoms. The van der Waals surface area contributed by atoms with Gasteiger partial charge in [0.25, 0.3) is 5.91 Å². The standard InChI is InChI=1S/C14H9BrF3N3O/c15-11-6-9(5-10(7-11)14(16,17)18)13(22)21-12(19)8-1-3-20-4-2-8/h1-7H,(H2,19,21,22). The molecule has 0 aliphatic rings. The Kier molecular flexibility index (Phi) is 4.60. The number of carbonyl (C=O) groups is 1. The maximum absolute atomic E-state index is 12.7. The zero-order valence-electron chi connectivity index (χ0n) is 10.9. The maximum Gasteiger partial charge on any atom is 0.416 e.